The van der Waals surface area contributed by atoms with Gasteiger partial charge in [-0.3, -0.25) is 4.79 Å². The van der Waals surface area contributed by atoms with Gasteiger partial charge in [-0.2, -0.15) is 0 Å². The predicted molar refractivity (Wildman–Crippen MR) is 106 cm³/mol. The minimum absolute atomic E-state index is 0.160. The number of methoxy groups -OCH3 is 1. The fraction of sp³-hybridized carbons (Fsp3) is 0.450. The SMILES string of the molecule is CCC(=O)Nc1c(S(=O)(=O)c2ccc(OC)cc2)c(C)c(C)n1CC(C)C. The molecule has 148 valence electrons. The van der Waals surface area contributed by atoms with Crippen LogP contribution in [0.3, 0.4) is 0 Å². The van der Waals surface area contributed by atoms with Crippen molar-refractivity contribution in [2.75, 3.05) is 12.4 Å². The molecule has 0 aliphatic heterocycles. The van der Waals surface area contributed by atoms with Crippen LogP contribution in [0.5, 0.6) is 5.75 Å². The molecule has 0 radical (unpaired) electrons. The van der Waals surface area contributed by atoms with Gasteiger partial charge < -0.3 is 14.6 Å². The standard InChI is InChI=1S/C20H28N2O4S/c1-7-18(23)21-20-19(14(4)15(5)22(20)12-13(2)3)27(24,25)17-10-8-16(26-6)9-11-17/h8-11,13H,7,12H2,1-6H3,(H,21,23). The molecule has 1 N–H and O–H groups in total. The third kappa shape index (κ3) is 4.18. The molecular weight excluding hydrogens is 364 g/mol. The molecule has 1 amide bonds. The fourth-order valence-electron chi connectivity index (χ4n) is 2.97. The number of amides is 1. The Morgan fingerprint density at radius 3 is 2.26 bits per heavy atom. The van der Waals surface area contributed by atoms with Crippen LogP contribution in [0.2, 0.25) is 0 Å². The number of aromatic nitrogens is 1. The monoisotopic (exact) mass is 392 g/mol. The van der Waals surface area contributed by atoms with Crippen molar-refractivity contribution < 1.29 is 17.9 Å². The lowest BCUT2D eigenvalue weighted by Gasteiger charge is -2.16. The predicted octanol–water partition coefficient (Wildman–Crippen LogP) is 3.95. The van der Waals surface area contributed by atoms with Gasteiger partial charge in [0.2, 0.25) is 15.7 Å². The number of rotatable bonds is 7. The average Bonchev–Trinajstić information content (AvgIpc) is 2.86. The maximum atomic E-state index is 13.4. The molecule has 2 rings (SSSR count). The van der Waals surface area contributed by atoms with E-state index in [2.05, 4.69) is 19.2 Å². The fourth-order valence-corrected chi connectivity index (χ4v) is 4.67. The van der Waals surface area contributed by atoms with Gasteiger partial charge in [-0.1, -0.05) is 20.8 Å². The van der Waals surface area contributed by atoms with Crippen LogP contribution in [0.1, 0.15) is 38.4 Å². The lowest BCUT2D eigenvalue weighted by atomic mass is 10.2. The molecule has 0 atom stereocenters. The Morgan fingerprint density at radius 1 is 1.19 bits per heavy atom. The Kier molecular flexibility index (Phi) is 6.36. The van der Waals surface area contributed by atoms with Crippen LogP contribution in [0.4, 0.5) is 5.82 Å². The Hall–Kier alpha value is -2.28. The Bertz CT molecular complexity index is 926. The van der Waals surface area contributed by atoms with Crippen LogP contribution in [-0.2, 0) is 21.2 Å². The van der Waals surface area contributed by atoms with E-state index < -0.39 is 9.84 Å². The molecule has 7 heteroatoms. The lowest BCUT2D eigenvalue weighted by Crippen LogP contribution is -2.18. The van der Waals surface area contributed by atoms with E-state index in [-0.39, 0.29) is 22.1 Å². The summed E-state index contributed by atoms with van der Waals surface area (Å²) in [5, 5.41) is 2.81. The van der Waals surface area contributed by atoms with E-state index in [0.29, 0.717) is 29.6 Å². The first kappa shape index (κ1) is 21.0. The summed E-state index contributed by atoms with van der Waals surface area (Å²) >= 11 is 0. The Labute approximate surface area is 161 Å². The zero-order chi connectivity index (χ0) is 20.4. The van der Waals surface area contributed by atoms with E-state index in [4.69, 9.17) is 4.74 Å². The second kappa shape index (κ2) is 8.17. The molecule has 0 unspecified atom stereocenters. The number of nitrogens with one attached hydrogen (secondary N) is 1. The van der Waals surface area contributed by atoms with Crippen molar-refractivity contribution in [2.24, 2.45) is 5.92 Å². The number of nitrogens with zero attached hydrogens (tertiary/aromatic N) is 1. The molecule has 0 bridgehead atoms. The molecule has 1 aromatic heterocycles. The van der Waals surface area contributed by atoms with E-state index in [9.17, 15) is 13.2 Å². The van der Waals surface area contributed by atoms with Crippen LogP contribution < -0.4 is 10.1 Å². The molecule has 0 aliphatic rings. The highest BCUT2D eigenvalue weighted by molar-refractivity contribution is 7.91. The first-order valence-electron chi connectivity index (χ1n) is 9.02. The van der Waals surface area contributed by atoms with Gasteiger partial charge in [0.05, 0.1) is 12.0 Å². The van der Waals surface area contributed by atoms with Crippen LogP contribution >= 0.6 is 0 Å². The van der Waals surface area contributed by atoms with E-state index in [1.165, 1.54) is 19.2 Å². The third-order valence-electron chi connectivity index (χ3n) is 4.54. The smallest absolute Gasteiger partial charge is 0.225 e. The first-order chi connectivity index (χ1) is 12.6. The van der Waals surface area contributed by atoms with Gasteiger partial charge in [0.15, 0.2) is 0 Å². The topological polar surface area (TPSA) is 77.4 Å². The van der Waals surface area contributed by atoms with Gasteiger partial charge in [-0.15, -0.1) is 0 Å². The molecule has 6 nitrogen and oxygen atoms in total. The minimum atomic E-state index is -3.81. The maximum Gasteiger partial charge on any atom is 0.225 e. The normalized spacial score (nSPS) is 11.7. The van der Waals surface area contributed by atoms with Gasteiger partial charge in [0.25, 0.3) is 0 Å². The summed E-state index contributed by atoms with van der Waals surface area (Å²) < 4.78 is 33.8. The molecule has 2 aromatic rings. The van der Waals surface area contributed by atoms with Crippen molar-refractivity contribution >= 4 is 21.6 Å². The summed E-state index contributed by atoms with van der Waals surface area (Å²) in [5.74, 6) is 1.01. The summed E-state index contributed by atoms with van der Waals surface area (Å²) in [7, 11) is -2.28. The largest absolute Gasteiger partial charge is 0.497 e. The molecule has 0 aliphatic carbocycles. The van der Waals surface area contributed by atoms with Crippen molar-refractivity contribution in [3.63, 3.8) is 0 Å². The van der Waals surface area contributed by atoms with Gasteiger partial charge in [-0.05, 0) is 49.6 Å². The Balaban J connectivity index is 2.70. The van der Waals surface area contributed by atoms with Gasteiger partial charge >= 0.3 is 0 Å². The summed E-state index contributed by atoms with van der Waals surface area (Å²) in [4.78, 5) is 12.4. The number of benzene rings is 1. The van der Waals surface area contributed by atoms with Crippen molar-refractivity contribution in [2.45, 2.75) is 57.4 Å². The van der Waals surface area contributed by atoms with Crippen molar-refractivity contribution in [3.05, 3.63) is 35.5 Å². The van der Waals surface area contributed by atoms with Crippen molar-refractivity contribution in [3.8, 4) is 5.75 Å². The van der Waals surface area contributed by atoms with Crippen LogP contribution in [0.15, 0.2) is 34.1 Å². The van der Waals surface area contributed by atoms with Gasteiger partial charge in [0, 0.05) is 18.7 Å². The number of hydrogen-bond donors (Lipinski definition) is 1. The molecular formula is C20H28N2O4S. The highest BCUT2D eigenvalue weighted by atomic mass is 32.2. The van der Waals surface area contributed by atoms with Crippen molar-refractivity contribution in [1.82, 2.24) is 4.57 Å². The molecule has 0 spiro atoms. The maximum absolute atomic E-state index is 13.4. The summed E-state index contributed by atoms with van der Waals surface area (Å²) in [6, 6.07) is 6.28. The number of hydrogen-bond acceptors (Lipinski definition) is 4. The van der Waals surface area contributed by atoms with E-state index >= 15 is 0 Å². The third-order valence-corrected chi connectivity index (χ3v) is 6.47. The zero-order valence-corrected chi connectivity index (χ0v) is 17.6. The second-order valence-electron chi connectivity index (χ2n) is 6.97. The number of ether oxygens (including phenoxy) is 1. The molecule has 27 heavy (non-hydrogen) atoms. The molecule has 0 saturated heterocycles. The number of carbonyl (C=O) groups excluding carboxylic acids is 1. The summed E-state index contributed by atoms with van der Waals surface area (Å²) in [6.45, 7) is 10.1. The van der Waals surface area contributed by atoms with Crippen LogP contribution in [0, 0.1) is 19.8 Å². The lowest BCUT2D eigenvalue weighted by molar-refractivity contribution is -0.115. The van der Waals surface area contributed by atoms with Gasteiger partial charge in [0.1, 0.15) is 16.5 Å². The van der Waals surface area contributed by atoms with E-state index in [1.54, 1.807) is 26.0 Å². The summed E-state index contributed by atoms with van der Waals surface area (Å²) in [5.41, 5.74) is 1.49. The van der Waals surface area contributed by atoms with E-state index in [1.807, 2.05) is 11.5 Å². The number of carbonyl (C=O) groups is 1. The van der Waals surface area contributed by atoms with E-state index in [0.717, 1.165) is 5.69 Å². The summed E-state index contributed by atoms with van der Waals surface area (Å²) in [6.07, 6.45) is 0.271. The van der Waals surface area contributed by atoms with Gasteiger partial charge in [-0.25, -0.2) is 8.42 Å². The highest BCUT2D eigenvalue weighted by Crippen LogP contribution is 2.36. The second-order valence-corrected chi connectivity index (χ2v) is 8.86. The molecule has 0 saturated carbocycles. The molecule has 0 fully saturated rings. The number of anilines is 1. The first-order valence-corrected chi connectivity index (χ1v) is 10.5. The quantitative estimate of drug-likeness (QED) is 0.774. The Morgan fingerprint density at radius 2 is 1.78 bits per heavy atom. The molecule has 1 aromatic carbocycles. The van der Waals surface area contributed by atoms with Crippen LogP contribution in [0.25, 0.3) is 0 Å². The van der Waals surface area contributed by atoms with Crippen molar-refractivity contribution in [1.29, 1.82) is 0 Å². The zero-order valence-electron chi connectivity index (χ0n) is 16.8. The highest BCUT2D eigenvalue weighted by Gasteiger charge is 2.30. The average molecular weight is 393 g/mol. The molecule has 1 heterocycles. The minimum Gasteiger partial charge on any atom is -0.497 e. The number of sulfone groups is 1. The van der Waals surface area contributed by atoms with Crippen LogP contribution in [-0.4, -0.2) is 26.0 Å².